The second-order valence-electron chi connectivity index (χ2n) is 5.71. The Morgan fingerprint density at radius 2 is 1.75 bits per heavy atom. The molecule has 0 aromatic carbocycles. The summed E-state index contributed by atoms with van der Waals surface area (Å²) >= 11 is 0. The molecule has 2 saturated carbocycles. The van der Waals surface area contributed by atoms with Crippen LogP contribution in [0.3, 0.4) is 0 Å². The minimum absolute atomic E-state index is 0. The van der Waals surface area contributed by atoms with Gasteiger partial charge in [-0.05, 0) is 31.1 Å². The smallest absolute Gasteiger partial charge is 0.240 e. The van der Waals surface area contributed by atoms with Crippen LogP contribution in [0.5, 0.6) is 0 Å². The number of halogens is 1. The van der Waals surface area contributed by atoms with Crippen molar-refractivity contribution in [3.05, 3.63) is 0 Å². The molecule has 1 amide bonds. The van der Waals surface area contributed by atoms with E-state index in [1.54, 1.807) is 0 Å². The molecule has 2 fully saturated rings. The number of hydrogen-bond donors (Lipinski definition) is 2. The van der Waals surface area contributed by atoms with Gasteiger partial charge in [0.05, 0.1) is 5.54 Å². The summed E-state index contributed by atoms with van der Waals surface area (Å²) in [5, 5.41) is 3.03. The number of carbonyl (C=O) groups excluding carboxylic acids is 1. The highest BCUT2D eigenvalue weighted by atomic mass is 35.5. The Kier molecular flexibility index (Phi) is 4.24. The lowest BCUT2D eigenvalue weighted by atomic mass is 9.82. The Morgan fingerprint density at radius 3 is 2.25 bits per heavy atom. The maximum atomic E-state index is 12.0. The number of rotatable bonds is 3. The lowest BCUT2D eigenvalue weighted by Crippen LogP contribution is -2.55. The van der Waals surface area contributed by atoms with Crippen molar-refractivity contribution in [2.75, 3.05) is 6.54 Å². The van der Waals surface area contributed by atoms with E-state index < -0.39 is 5.54 Å². The van der Waals surface area contributed by atoms with Gasteiger partial charge in [0.2, 0.25) is 5.91 Å². The van der Waals surface area contributed by atoms with Crippen LogP contribution in [-0.4, -0.2) is 18.0 Å². The minimum atomic E-state index is -0.566. The highest BCUT2D eigenvalue weighted by Crippen LogP contribution is 2.44. The molecule has 0 heterocycles. The molecule has 0 aliphatic heterocycles. The average Bonchev–Trinajstić information content (AvgIpc) is 2.95. The highest BCUT2D eigenvalue weighted by Gasteiger charge is 2.40. The number of hydrogen-bond acceptors (Lipinski definition) is 2. The number of amides is 1. The Hall–Kier alpha value is -0.280. The number of nitrogens with one attached hydrogen (secondary N) is 1. The third-order valence-corrected chi connectivity index (χ3v) is 3.98. The third kappa shape index (κ3) is 3.11. The van der Waals surface area contributed by atoms with Gasteiger partial charge in [-0.15, -0.1) is 12.4 Å². The van der Waals surface area contributed by atoms with Gasteiger partial charge in [0.25, 0.3) is 0 Å². The predicted molar refractivity (Wildman–Crippen MR) is 67.6 cm³/mol. The van der Waals surface area contributed by atoms with Crippen molar-refractivity contribution in [1.82, 2.24) is 5.32 Å². The first-order valence-corrected chi connectivity index (χ1v) is 6.11. The van der Waals surface area contributed by atoms with Crippen molar-refractivity contribution in [2.24, 2.45) is 11.1 Å². The fourth-order valence-corrected chi connectivity index (χ4v) is 2.27. The Labute approximate surface area is 104 Å². The predicted octanol–water partition coefficient (Wildman–Crippen LogP) is 1.99. The van der Waals surface area contributed by atoms with Gasteiger partial charge in [0.15, 0.2) is 0 Å². The average molecular weight is 247 g/mol. The van der Waals surface area contributed by atoms with Gasteiger partial charge in [-0.25, -0.2) is 0 Å². The lowest BCUT2D eigenvalue weighted by Gasteiger charge is -2.32. The molecule has 0 saturated heterocycles. The molecule has 94 valence electrons. The summed E-state index contributed by atoms with van der Waals surface area (Å²) in [5.41, 5.74) is 5.95. The van der Waals surface area contributed by atoms with Gasteiger partial charge in [-0.3, -0.25) is 4.79 Å². The molecule has 4 heteroatoms. The summed E-state index contributed by atoms with van der Waals surface area (Å²) in [7, 11) is 0. The lowest BCUT2D eigenvalue weighted by molar-refractivity contribution is -0.127. The van der Waals surface area contributed by atoms with Crippen LogP contribution in [0.1, 0.15) is 51.9 Å². The monoisotopic (exact) mass is 246 g/mol. The Morgan fingerprint density at radius 1 is 1.19 bits per heavy atom. The zero-order valence-corrected chi connectivity index (χ0v) is 10.9. The van der Waals surface area contributed by atoms with Crippen molar-refractivity contribution < 1.29 is 4.79 Å². The standard InChI is InChI=1S/C12H22N2O.ClH/c1-11(7-8-11)9-14-10(15)12(13)5-3-2-4-6-12;/h2-9,13H2,1H3,(H,14,15);1H. The number of nitrogens with two attached hydrogens (primary N) is 1. The van der Waals surface area contributed by atoms with Gasteiger partial charge < -0.3 is 11.1 Å². The van der Waals surface area contributed by atoms with Crippen molar-refractivity contribution in [3.63, 3.8) is 0 Å². The number of carbonyl (C=O) groups is 1. The quantitative estimate of drug-likeness (QED) is 0.800. The van der Waals surface area contributed by atoms with Gasteiger partial charge >= 0.3 is 0 Å². The van der Waals surface area contributed by atoms with Crippen molar-refractivity contribution in [2.45, 2.75) is 57.4 Å². The topological polar surface area (TPSA) is 55.1 Å². The molecule has 2 aliphatic rings. The van der Waals surface area contributed by atoms with E-state index >= 15 is 0 Å². The van der Waals surface area contributed by atoms with Crippen LogP contribution < -0.4 is 11.1 Å². The van der Waals surface area contributed by atoms with E-state index in [2.05, 4.69) is 12.2 Å². The molecule has 3 nitrogen and oxygen atoms in total. The summed E-state index contributed by atoms with van der Waals surface area (Å²) in [4.78, 5) is 12.0. The first-order valence-electron chi connectivity index (χ1n) is 6.11. The second kappa shape index (κ2) is 4.92. The second-order valence-corrected chi connectivity index (χ2v) is 5.71. The molecule has 0 aromatic heterocycles. The van der Waals surface area contributed by atoms with Gasteiger partial charge in [0.1, 0.15) is 0 Å². The highest BCUT2D eigenvalue weighted by molar-refractivity contribution is 5.86. The van der Waals surface area contributed by atoms with Crippen LogP contribution in [-0.2, 0) is 4.79 Å². The van der Waals surface area contributed by atoms with Gasteiger partial charge in [0, 0.05) is 6.54 Å². The Balaban J connectivity index is 0.00000128. The van der Waals surface area contributed by atoms with Crippen molar-refractivity contribution in [1.29, 1.82) is 0 Å². The molecule has 0 aromatic rings. The van der Waals surface area contributed by atoms with E-state index in [-0.39, 0.29) is 18.3 Å². The summed E-state index contributed by atoms with van der Waals surface area (Å²) in [6.07, 6.45) is 7.62. The normalized spacial score (nSPS) is 25.4. The molecule has 0 radical (unpaired) electrons. The molecule has 0 atom stereocenters. The zero-order chi connectivity index (χ0) is 10.9. The summed E-state index contributed by atoms with van der Waals surface area (Å²) < 4.78 is 0. The molecule has 0 spiro atoms. The van der Waals surface area contributed by atoms with E-state index in [4.69, 9.17) is 5.73 Å². The fraction of sp³-hybridized carbons (Fsp3) is 0.917. The molecule has 0 unspecified atom stereocenters. The minimum Gasteiger partial charge on any atom is -0.354 e. The van der Waals surface area contributed by atoms with E-state index in [0.717, 1.165) is 32.2 Å². The van der Waals surface area contributed by atoms with Crippen molar-refractivity contribution in [3.8, 4) is 0 Å². The van der Waals surface area contributed by atoms with Crippen LogP contribution in [0.25, 0.3) is 0 Å². The summed E-state index contributed by atoms with van der Waals surface area (Å²) in [5.74, 6) is 0.0790. The van der Waals surface area contributed by atoms with Crippen molar-refractivity contribution >= 4 is 18.3 Å². The van der Waals surface area contributed by atoms with Gasteiger partial charge in [-0.2, -0.15) is 0 Å². The van der Waals surface area contributed by atoms with E-state index in [0.29, 0.717) is 5.41 Å². The van der Waals surface area contributed by atoms with E-state index in [9.17, 15) is 4.79 Å². The maximum absolute atomic E-state index is 12.0. The van der Waals surface area contributed by atoms with Crippen LogP contribution in [0, 0.1) is 5.41 Å². The summed E-state index contributed by atoms with van der Waals surface area (Å²) in [6, 6.07) is 0. The maximum Gasteiger partial charge on any atom is 0.240 e. The molecule has 2 rings (SSSR count). The van der Waals surface area contributed by atoms with Crippen LogP contribution in [0.2, 0.25) is 0 Å². The molecular formula is C12H23ClN2O. The first-order chi connectivity index (χ1) is 7.04. The Bertz CT molecular complexity index is 258. The fourth-order valence-electron chi connectivity index (χ4n) is 2.27. The first kappa shape index (κ1) is 13.8. The molecular weight excluding hydrogens is 224 g/mol. The van der Waals surface area contributed by atoms with E-state index in [1.165, 1.54) is 19.3 Å². The van der Waals surface area contributed by atoms with Crippen LogP contribution >= 0.6 is 12.4 Å². The van der Waals surface area contributed by atoms with Gasteiger partial charge in [-0.1, -0.05) is 26.2 Å². The van der Waals surface area contributed by atoms with Crippen LogP contribution in [0.4, 0.5) is 0 Å². The zero-order valence-electron chi connectivity index (χ0n) is 10.1. The summed E-state index contributed by atoms with van der Waals surface area (Å²) in [6.45, 7) is 3.03. The van der Waals surface area contributed by atoms with E-state index in [1.807, 2.05) is 0 Å². The van der Waals surface area contributed by atoms with Crippen LogP contribution in [0.15, 0.2) is 0 Å². The SMILES string of the molecule is CC1(CNC(=O)C2(N)CCCCC2)CC1.Cl. The largest absolute Gasteiger partial charge is 0.354 e. The third-order valence-electron chi connectivity index (χ3n) is 3.98. The molecule has 16 heavy (non-hydrogen) atoms. The molecule has 2 aliphatic carbocycles. The molecule has 0 bridgehead atoms. The molecule has 3 N–H and O–H groups in total.